The molecule has 0 saturated carbocycles. The Morgan fingerprint density at radius 2 is 1.68 bits per heavy atom. The molecule has 0 aliphatic rings. The SMILES string of the molecule is CCN(c1ccccc1)S(=O)(=O)c1cccc(C(=O)NCCc2cnn(-c3ccccc3)c2)c1. The number of nitrogens with zero attached hydrogens (tertiary/aromatic N) is 3. The molecule has 1 N–H and O–H groups in total. The molecular formula is C26H26N4O3S. The van der Waals surface area contributed by atoms with E-state index in [2.05, 4.69) is 10.4 Å². The lowest BCUT2D eigenvalue weighted by Gasteiger charge is -2.23. The van der Waals surface area contributed by atoms with Gasteiger partial charge in [0.25, 0.3) is 15.9 Å². The smallest absolute Gasteiger partial charge is 0.264 e. The van der Waals surface area contributed by atoms with Gasteiger partial charge in [-0.3, -0.25) is 9.10 Å². The fourth-order valence-corrected chi connectivity index (χ4v) is 5.16. The monoisotopic (exact) mass is 474 g/mol. The molecule has 1 aromatic heterocycles. The molecule has 4 aromatic rings. The summed E-state index contributed by atoms with van der Waals surface area (Å²) in [5, 5.41) is 7.23. The summed E-state index contributed by atoms with van der Waals surface area (Å²) < 4.78 is 29.6. The summed E-state index contributed by atoms with van der Waals surface area (Å²) in [7, 11) is -3.81. The minimum Gasteiger partial charge on any atom is -0.352 e. The summed E-state index contributed by atoms with van der Waals surface area (Å²) in [5.74, 6) is -0.324. The van der Waals surface area contributed by atoms with Gasteiger partial charge in [-0.2, -0.15) is 5.10 Å². The van der Waals surface area contributed by atoms with Crippen molar-refractivity contribution >= 4 is 21.6 Å². The summed E-state index contributed by atoms with van der Waals surface area (Å²) >= 11 is 0. The maximum absolute atomic E-state index is 13.2. The molecule has 0 aliphatic heterocycles. The number of hydrogen-bond donors (Lipinski definition) is 1. The summed E-state index contributed by atoms with van der Waals surface area (Å²) in [6.07, 6.45) is 4.31. The number of carbonyl (C=O) groups is 1. The number of sulfonamides is 1. The van der Waals surface area contributed by atoms with Crippen LogP contribution in [-0.4, -0.2) is 37.2 Å². The predicted octanol–water partition coefficient (Wildman–Crippen LogP) is 4.06. The first-order valence-electron chi connectivity index (χ1n) is 11.0. The standard InChI is InChI=1S/C26H26N4O3S/c1-2-30(24-13-7-4-8-14-24)34(32,33)25-15-9-10-22(18-25)26(31)27-17-16-21-19-28-29(20-21)23-11-5-3-6-12-23/h3-15,18-20H,2,16-17H2,1H3,(H,27,31). The van der Waals surface area contributed by atoms with Crippen LogP contribution < -0.4 is 9.62 Å². The Morgan fingerprint density at radius 1 is 0.971 bits per heavy atom. The van der Waals surface area contributed by atoms with Crippen LogP contribution in [0.5, 0.6) is 0 Å². The highest BCUT2D eigenvalue weighted by Gasteiger charge is 2.24. The van der Waals surface area contributed by atoms with Crippen molar-refractivity contribution in [2.45, 2.75) is 18.2 Å². The Labute approximate surface area is 199 Å². The number of benzene rings is 3. The molecule has 0 aliphatic carbocycles. The van der Waals surface area contributed by atoms with Crippen LogP contribution in [0.3, 0.4) is 0 Å². The molecule has 174 valence electrons. The third-order valence-corrected chi connectivity index (χ3v) is 7.27. The molecule has 0 saturated heterocycles. The van der Waals surface area contributed by atoms with Crippen molar-refractivity contribution in [1.29, 1.82) is 0 Å². The second-order valence-corrected chi connectivity index (χ2v) is 9.53. The van der Waals surface area contributed by atoms with E-state index in [1.807, 2.05) is 42.6 Å². The zero-order valence-corrected chi connectivity index (χ0v) is 19.7. The molecule has 0 radical (unpaired) electrons. The van der Waals surface area contributed by atoms with Crippen LogP contribution in [-0.2, 0) is 16.4 Å². The highest BCUT2D eigenvalue weighted by molar-refractivity contribution is 7.92. The zero-order chi connectivity index (χ0) is 24.0. The second-order valence-electron chi connectivity index (χ2n) is 7.67. The molecular weight excluding hydrogens is 448 g/mol. The predicted molar refractivity (Wildman–Crippen MR) is 133 cm³/mol. The van der Waals surface area contributed by atoms with E-state index in [-0.39, 0.29) is 17.3 Å². The average molecular weight is 475 g/mol. The van der Waals surface area contributed by atoms with Crippen LogP contribution in [0.4, 0.5) is 5.69 Å². The van der Waals surface area contributed by atoms with Gasteiger partial charge in [0.1, 0.15) is 0 Å². The van der Waals surface area contributed by atoms with Gasteiger partial charge in [0.2, 0.25) is 0 Å². The summed E-state index contributed by atoms with van der Waals surface area (Å²) in [5.41, 5.74) is 2.83. The van der Waals surface area contributed by atoms with E-state index in [4.69, 9.17) is 0 Å². The molecule has 0 bridgehead atoms. The molecule has 1 heterocycles. The van der Waals surface area contributed by atoms with Crippen molar-refractivity contribution in [1.82, 2.24) is 15.1 Å². The summed E-state index contributed by atoms with van der Waals surface area (Å²) in [6, 6.07) is 24.8. The van der Waals surface area contributed by atoms with Crippen molar-refractivity contribution in [3.63, 3.8) is 0 Å². The topological polar surface area (TPSA) is 84.3 Å². The Kier molecular flexibility index (Phi) is 7.08. The molecule has 0 fully saturated rings. The zero-order valence-electron chi connectivity index (χ0n) is 18.8. The lowest BCUT2D eigenvalue weighted by Crippen LogP contribution is -2.31. The largest absolute Gasteiger partial charge is 0.352 e. The van der Waals surface area contributed by atoms with Gasteiger partial charge in [-0.15, -0.1) is 0 Å². The number of carbonyl (C=O) groups excluding carboxylic acids is 1. The van der Waals surface area contributed by atoms with E-state index in [0.717, 1.165) is 11.3 Å². The van der Waals surface area contributed by atoms with Gasteiger partial charge in [-0.25, -0.2) is 13.1 Å². The molecule has 1 amide bonds. The molecule has 4 rings (SSSR count). The van der Waals surface area contributed by atoms with Crippen molar-refractivity contribution < 1.29 is 13.2 Å². The van der Waals surface area contributed by atoms with E-state index in [1.54, 1.807) is 54.2 Å². The van der Waals surface area contributed by atoms with Crippen LogP contribution in [0.2, 0.25) is 0 Å². The number of para-hydroxylation sites is 2. The quantitative estimate of drug-likeness (QED) is 0.397. The lowest BCUT2D eigenvalue weighted by molar-refractivity contribution is 0.0954. The van der Waals surface area contributed by atoms with E-state index in [0.29, 0.717) is 24.2 Å². The summed E-state index contributed by atoms with van der Waals surface area (Å²) in [6.45, 7) is 2.46. The third-order valence-electron chi connectivity index (χ3n) is 5.37. The van der Waals surface area contributed by atoms with Gasteiger partial charge in [0.05, 0.1) is 22.5 Å². The van der Waals surface area contributed by atoms with Crippen LogP contribution in [0.1, 0.15) is 22.8 Å². The van der Waals surface area contributed by atoms with E-state index in [1.165, 1.54) is 16.4 Å². The van der Waals surface area contributed by atoms with Crippen LogP contribution in [0.15, 0.2) is 102 Å². The minimum atomic E-state index is -3.81. The molecule has 8 heteroatoms. The van der Waals surface area contributed by atoms with Gasteiger partial charge in [0, 0.05) is 24.8 Å². The third kappa shape index (κ3) is 5.18. The number of rotatable bonds is 9. The number of anilines is 1. The Balaban J connectivity index is 1.41. The van der Waals surface area contributed by atoms with E-state index >= 15 is 0 Å². The van der Waals surface area contributed by atoms with Gasteiger partial charge in [-0.1, -0.05) is 42.5 Å². The summed E-state index contributed by atoms with van der Waals surface area (Å²) in [4.78, 5) is 12.8. The second kappa shape index (κ2) is 10.4. The molecule has 0 atom stereocenters. The van der Waals surface area contributed by atoms with Crippen LogP contribution in [0, 0.1) is 0 Å². The number of nitrogens with one attached hydrogen (secondary N) is 1. The van der Waals surface area contributed by atoms with Crippen molar-refractivity contribution in [2.75, 3.05) is 17.4 Å². The van der Waals surface area contributed by atoms with Gasteiger partial charge >= 0.3 is 0 Å². The maximum atomic E-state index is 13.2. The Bertz CT molecular complexity index is 1350. The first kappa shape index (κ1) is 23.3. The maximum Gasteiger partial charge on any atom is 0.264 e. The first-order valence-corrected chi connectivity index (χ1v) is 12.5. The molecule has 7 nitrogen and oxygen atoms in total. The molecule has 0 spiro atoms. The molecule has 34 heavy (non-hydrogen) atoms. The van der Waals surface area contributed by atoms with E-state index < -0.39 is 10.0 Å². The number of amides is 1. The van der Waals surface area contributed by atoms with Crippen molar-refractivity contribution in [3.05, 3.63) is 108 Å². The van der Waals surface area contributed by atoms with E-state index in [9.17, 15) is 13.2 Å². The molecule has 0 unspecified atom stereocenters. The first-order chi connectivity index (χ1) is 16.5. The number of hydrogen-bond acceptors (Lipinski definition) is 4. The van der Waals surface area contributed by atoms with Crippen LogP contribution in [0.25, 0.3) is 5.69 Å². The average Bonchev–Trinajstić information content (AvgIpc) is 3.34. The fourth-order valence-electron chi connectivity index (χ4n) is 3.64. The fraction of sp³-hybridized carbons (Fsp3) is 0.154. The van der Waals surface area contributed by atoms with Gasteiger partial charge in [0.15, 0.2) is 0 Å². The van der Waals surface area contributed by atoms with Gasteiger partial charge in [-0.05, 0) is 61.4 Å². The van der Waals surface area contributed by atoms with Crippen molar-refractivity contribution in [2.24, 2.45) is 0 Å². The Morgan fingerprint density at radius 3 is 2.38 bits per heavy atom. The Hall–Kier alpha value is -3.91. The number of aromatic nitrogens is 2. The minimum absolute atomic E-state index is 0.0787. The van der Waals surface area contributed by atoms with Gasteiger partial charge < -0.3 is 5.32 Å². The van der Waals surface area contributed by atoms with Crippen molar-refractivity contribution in [3.8, 4) is 5.69 Å². The molecule has 3 aromatic carbocycles. The highest BCUT2D eigenvalue weighted by atomic mass is 32.2. The normalized spacial score (nSPS) is 11.2. The lowest BCUT2D eigenvalue weighted by atomic mass is 10.2. The van der Waals surface area contributed by atoms with Crippen LogP contribution >= 0.6 is 0 Å². The highest BCUT2D eigenvalue weighted by Crippen LogP contribution is 2.23.